The topological polar surface area (TPSA) is 59.6 Å². The van der Waals surface area contributed by atoms with Gasteiger partial charge in [0.25, 0.3) is 5.91 Å². The SMILES string of the molecule is COc1ccc(NC(=S)NC(=O)c2ccccc2OC)cc1Br. The van der Waals surface area contributed by atoms with Crippen molar-refractivity contribution in [2.24, 2.45) is 0 Å². The van der Waals surface area contributed by atoms with E-state index >= 15 is 0 Å². The third kappa shape index (κ3) is 4.43. The number of anilines is 1. The molecule has 7 heteroatoms. The summed E-state index contributed by atoms with van der Waals surface area (Å²) in [6.45, 7) is 0. The van der Waals surface area contributed by atoms with Crippen LogP contribution < -0.4 is 20.1 Å². The van der Waals surface area contributed by atoms with Gasteiger partial charge in [0.15, 0.2) is 5.11 Å². The number of carbonyl (C=O) groups is 1. The number of rotatable bonds is 4. The van der Waals surface area contributed by atoms with Gasteiger partial charge >= 0.3 is 0 Å². The van der Waals surface area contributed by atoms with Crippen molar-refractivity contribution >= 4 is 44.9 Å². The summed E-state index contributed by atoms with van der Waals surface area (Å²) in [6, 6.07) is 12.3. The number of nitrogens with one attached hydrogen (secondary N) is 2. The van der Waals surface area contributed by atoms with Gasteiger partial charge < -0.3 is 14.8 Å². The Morgan fingerprint density at radius 1 is 1.09 bits per heavy atom. The number of hydrogen-bond acceptors (Lipinski definition) is 4. The van der Waals surface area contributed by atoms with Crippen LogP contribution >= 0.6 is 28.1 Å². The Labute approximate surface area is 148 Å². The molecule has 0 aliphatic heterocycles. The molecule has 2 rings (SSSR count). The lowest BCUT2D eigenvalue weighted by Crippen LogP contribution is -2.34. The summed E-state index contributed by atoms with van der Waals surface area (Å²) in [4.78, 5) is 12.2. The van der Waals surface area contributed by atoms with E-state index in [1.807, 2.05) is 0 Å². The zero-order chi connectivity index (χ0) is 16.8. The Kier molecular flexibility index (Phi) is 5.95. The minimum absolute atomic E-state index is 0.193. The van der Waals surface area contributed by atoms with E-state index in [1.54, 1.807) is 49.6 Å². The highest BCUT2D eigenvalue weighted by atomic mass is 79.9. The molecule has 1 amide bonds. The molecular formula is C16H15BrN2O3S. The summed E-state index contributed by atoms with van der Waals surface area (Å²) >= 11 is 8.56. The standard InChI is InChI=1S/C16H15BrN2O3S/c1-21-13-6-4-3-5-11(13)15(20)19-16(23)18-10-7-8-14(22-2)12(17)9-10/h3-9H,1-2H3,(H2,18,19,20,23). The second-order valence-electron chi connectivity index (χ2n) is 4.46. The van der Waals surface area contributed by atoms with Crippen LogP contribution in [0.25, 0.3) is 0 Å². The molecule has 0 aliphatic carbocycles. The summed E-state index contributed by atoms with van der Waals surface area (Å²) in [7, 11) is 3.10. The zero-order valence-corrected chi connectivity index (χ0v) is 15.0. The van der Waals surface area contributed by atoms with Gasteiger partial charge in [-0.25, -0.2) is 0 Å². The van der Waals surface area contributed by atoms with Crippen LogP contribution in [0.2, 0.25) is 0 Å². The molecule has 0 bridgehead atoms. The van der Waals surface area contributed by atoms with Crippen molar-refractivity contribution in [2.45, 2.75) is 0 Å². The van der Waals surface area contributed by atoms with Crippen LogP contribution in [0.3, 0.4) is 0 Å². The van der Waals surface area contributed by atoms with Gasteiger partial charge in [0.2, 0.25) is 0 Å². The molecule has 0 heterocycles. The number of hydrogen-bond donors (Lipinski definition) is 2. The fourth-order valence-electron chi connectivity index (χ4n) is 1.91. The van der Waals surface area contributed by atoms with Crippen LogP contribution in [-0.4, -0.2) is 25.2 Å². The number of halogens is 1. The fraction of sp³-hybridized carbons (Fsp3) is 0.125. The maximum Gasteiger partial charge on any atom is 0.261 e. The van der Waals surface area contributed by atoms with Gasteiger partial charge in [-0.05, 0) is 58.5 Å². The molecule has 0 saturated heterocycles. The Morgan fingerprint density at radius 2 is 1.78 bits per heavy atom. The van der Waals surface area contributed by atoms with E-state index in [4.69, 9.17) is 21.7 Å². The maximum atomic E-state index is 12.2. The Hall–Kier alpha value is -2.12. The average molecular weight is 395 g/mol. The van der Waals surface area contributed by atoms with Crippen molar-refractivity contribution in [3.63, 3.8) is 0 Å². The normalized spacial score (nSPS) is 9.87. The van der Waals surface area contributed by atoms with E-state index in [0.29, 0.717) is 17.1 Å². The summed E-state index contributed by atoms with van der Waals surface area (Å²) < 4.78 is 11.1. The quantitative estimate of drug-likeness (QED) is 0.775. The van der Waals surface area contributed by atoms with Crippen LogP contribution in [0.5, 0.6) is 11.5 Å². The van der Waals surface area contributed by atoms with Crippen molar-refractivity contribution in [1.82, 2.24) is 5.32 Å². The van der Waals surface area contributed by atoms with Crippen LogP contribution in [0.15, 0.2) is 46.9 Å². The van der Waals surface area contributed by atoms with Crippen LogP contribution in [0.1, 0.15) is 10.4 Å². The molecule has 0 fully saturated rings. The number of benzene rings is 2. The molecule has 0 aromatic heterocycles. The minimum atomic E-state index is -0.340. The smallest absolute Gasteiger partial charge is 0.261 e. The molecule has 0 spiro atoms. The predicted molar refractivity (Wildman–Crippen MR) is 97.4 cm³/mol. The molecule has 23 heavy (non-hydrogen) atoms. The van der Waals surface area contributed by atoms with E-state index in [0.717, 1.165) is 10.2 Å². The summed E-state index contributed by atoms with van der Waals surface area (Å²) in [6.07, 6.45) is 0. The molecule has 0 atom stereocenters. The first kappa shape index (κ1) is 17.2. The summed E-state index contributed by atoms with van der Waals surface area (Å²) in [5.41, 5.74) is 1.14. The Bertz CT molecular complexity index is 737. The van der Waals surface area contributed by atoms with Gasteiger partial charge in [0.1, 0.15) is 11.5 Å². The molecule has 2 N–H and O–H groups in total. The summed E-state index contributed by atoms with van der Waals surface area (Å²) in [5.74, 6) is 0.854. The van der Waals surface area contributed by atoms with Crippen molar-refractivity contribution in [3.8, 4) is 11.5 Å². The van der Waals surface area contributed by atoms with Gasteiger partial charge in [0.05, 0.1) is 24.3 Å². The molecule has 0 radical (unpaired) electrons. The van der Waals surface area contributed by atoms with E-state index in [-0.39, 0.29) is 11.0 Å². The minimum Gasteiger partial charge on any atom is -0.496 e. The molecule has 0 saturated carbocycles. The monoisotopic (exact) mass is 394 g/mol. The van der Waals surface area contributed by atoms with Crippen molar-refractivity contribution in [3.05, 3.63) is 52.5 Å². The van der Waals surface area contributed by atoms with Crippen LogP contribution in [-0.2, 0) is 0 Å². The highest BCUT2D eigenvalue weighted by Crippen LogP contribution is 2.27. The van der Waals surface area contributed by atoms with Crippen LogP contribution in [0.4, 0.5) is 5.69 Å². The lowest BCUT2D eigenvalue weighted by atomic mass is 10.2. The molecule has 0 aliphatic rings. The molecule has 0 unspecified atom stereocenters. The van der Waals surface area contributed by atoms with Gasteiger partial charge in [0, 0.05) is 5.69 Å². The predicted octanol–water partition coefficient (Wildman–Crippen LogP) is 3.59. The lowest BCUT2D eigenvalue weighted by Gasteiger charge is -2.12. The average Bonchev–Trinajstić information content (AvgIpc) is 2.54. The largest absolute Gasteiger partial charge is 0.496 e. The zero-order valence-electron chi connectivity index (χ0n) is 12.6. The number of methoxy groups -OCH3 is 2. The third-order valence-electron chi connectivity index (χ3n) is 2.99. The number of ether oxygens (including phenoxy) is 2. The number of carbonyl (C=O) groups excluding carboxylic acids is 1. The highest BCUT2D eigenvalue weighted by molar-refractivity contribution is 9.10. The summed E-state index contributed by atoms with van der Waals surface area (Å²) in [5, 5.41) is 5.76. The molecule has 5 nitrogen and oxygen atoms in total. The van der Waals surface area contributed by atoms with Gasteiger partial charge in [-0.1, -0.05) is 12.1 Å². The number of thiocarbonyl (C=S) groups is 1. The fourth-order valence-corrected chi connectivity index (χ4v) is 2.66. The van der Waals surface area contributed by atoms with Gasteiger partial charge in [-0.15, -0.1) is 0 Å². The highest BCUT2D eigenvalue weighted by Gasteiger charge is 2.13. The second-order valence-corrected chi connectivity index (χ2v) is 5.72. The van der Waals surface area contributed by atoms with Gasteiger partial charge in [-0.2, -0.15) is 0 Å². The van der Waals surface area contributed by atoms with E-state index in [1.165, 1.54) is 7.11 Å². The van der Waals surface area contributed by atoms with E-state index in [2.05, 4.69) is 26.6 Å². The second kappa shape index (κ2) is 7.94. The molecular weight excluding hydrogens is 380 g/mol. The van der Waals surface area contributed by atoms with Crippen molar-refractivity contribution < 1.29 is 14.3 Å². The first-order valence-electron chi connectivity index (χ1n) is 6.64. The number of para-hydroxylation sites is 1. The lowest BCUT2D eigenvalue weighted by molar-refractivity contribution is 0.0975. The Balaban J connectivity index is 2.04. The molecule has 2 aromatic carbocycles. The Morgan fingerprint density at radius 3 is 2.43 bits per heavy atom. The van der Waals surface area contributed by atoms with Crippen LogP contribution in [0, 0.1) is 0 Å². The van der Waals surface area contributed by atoms with Gasteiger partial charge in [-0.3, -0.25) is 10.1 Å². The number of amides is 1. The third-order valence-corrected chi connectivity index (χ3v) is 3.81. The molecule has 2 aromatic rings. The first-order valence-corrected chi connectivity index (χ1v) is 7.84. The van der Waals surface area contributed by atoms with Crippen molar-refractivity contribution in [2.75, 3.05) is 19.5 Å². The molecule has 120 valence electrons. The first-order chi connectivity index (χ1) is 11.0. The van der Waals surface area contributed by atoms with Crippen molar-refractivity contribution in [1.29, 1.82) is 0 Å². The van der Waals surface area contributed by atoms with E-state index in [9.17, 15) is 4.79 Å². The van der Waals surface area contributed by atoms with E-state index < -0.39 is 0 Å². The maximum absolute atomic E-state index is 12.2.